The first-order valence-corrected chi connectivity index (χ1v) is 7.23. The van der Waals surface area contributed by atoms with Gasteiger partial charge in [0.05, 0.1) is 15.6 Å². The molecule has 0 saturated heterocycles. The highest BCUT2D eigenvalue weighted by Gasteiger charge is 2.13. The van der Waals surface area contributed by atoms with Crippen LogP contribution in [0.1, 0.15) is 11.3 Å². The molecule has 2 heterocycles. The highest BCUT2D eigenvalue weighted by atomic mass is 79.9. The molecule has 0 N–H and O–H groups in total. The molecule has 3 aromatic rings. The van der Waals surface area contributed by atoms with Crippen LogP contribution in [0, 0.1) is 13.8 Å². The Kier molecular flexibility index (Phi) is 3.20. The normalized spacial score (nSPS) is 10.9. The van der Waals surface area contributed by atoms with E-state index in [9.17, 15) is 0 Å². The molecule has 0 aliphatic carbocycles. The van der Waals surface area contributed by atoms with Gasteiger partial charge in [0.25, 0.3) is 0 Å². The van der Waals surface area contributed by atoms with Gasteiger partial charge in [-0.2, -0.15) is 4.37 Å². The number of hydrogen-bond acceptors (Lipinski definition) is 5. The number of rotatable bonds is 2. The second-order valence-electron chi connectivity index (χ2n) is 4.16. The van der Waals surface area contributed by atoms with E-state index in [4.69, 9.17) is 4.74 Å². The van der Waals surface area contributed by atoms with Crippen LogP contribution in [0.5, 0.6) is 11.6 Å². The Balaban J connectivity index is 2.08. The average molecular weight is 336 g/mol. The Hall–Kier alpha value is -1.53. The molecule has 0 fully saturated rings. The van der Waals surface area contributed by atoms with Gasteiger partial charge in [-0.3, -0.25) is 0 Å². The molecule has 96 valence electrons. The summed E-state index contributed by atoms with van der Waals surface area (Å²) in [6, 6.07) is 5.92. The predicted octanol–water partition coefficient (Wildman–Crippen LogP) is 4.26. The van der Waals surface area contributed by atoms with Gasteiger partial charge in [-0.15, -0.1) is 0 Å². The second-order valence-corrected chi connectivity index (χ2v) is 5.77. The minimum atomic E-state index is 0.542. The number of ether oxygens (including phenoxy) is 1. The van der Waals surface area contributed by atoms with E-state index in [1.165, 1.54) is 23.4 Å². The summed E-state index contributed by atoms with van der Waals surface area (Å²) in [5.74, 6) is 1.28. The van der Waals surface area contributed by atoms with Crippen molar-refractivity contribution in [2.75, 3.05) is 0 Å². The average Bonchev–Trinajstić information content (AvgIpc) is 2.76. The summed E-state index contributed by atoms with van der Waals surface area (Å²) in [4.78, 5) is 9.24. The van der Waals surface area contributed by atoms with Crippen LogP contribution in [0.15, 0.2) is 29.0 Å². The van der Waals surface area contributed by atoms with E-state index in [1.54, 1.807) is 0 Å². The van der Waals surface area contributed by atoms with Gasteiger partial charge < -0.3 is 4.74 Å². The number of halogens is 1. The summed E-state index contributed by atoms with van der Waals surface area (Å²) in [5, 5.41) is 0.875. The first kappa shape index (κ1) is 12.5. The number of hydrogen-bond donors (Lipinski definition) is 0. The van der Waals surface area contributed by atoms with Crippen LogP contribution < -0.4 is 4.74 Å². The van der Waals surface area contributed by atoms with Crippen molar-refractivity contribution in [2.24, 2.45) is 0 Å². The van der Waals surface area contributed by atoms with Crippen molar-refractivity contribution in [1.29, 1.82) is 0 Å². The smallest absolute Gasteiger partial charge is 0.233 e. The lowest BCUT2D eigenvalue weighted by atomic mass is 10.2. The van der Waals surface area contributed by atoms with Crippen LogP contribution >= 0.6 is 27.5 Å². The monoisotopic (exact) mass is 335 g/mol. The zero-order valence-corrected chi connectivity index (χ0v) is 12.7. The van der Waals surface area contributed by atoms with Gasteiger partial charge >= 0.3 is 0 Å². The molecule has 6 heteroatoms. The van der Waals surface area contributed by atoms with Crippen molar-refractivity contribution in [2.45, 2.75) is 13.8 Å². The maximum absolute atomic E-state index is 5.89. The van der Waals surface area contributed by atoms with Crippen molar-refractivity contribution in [1.82, 2.24) is 14.3 Å². The first-order valence-electron chi connectivity index (χ1n) is 5.66. The van der Waals surface area contributed by atoms with E-state index >= 15 is 0 Å². The third-order valence-corrected chi connectivity index (χ3v) is 4.17. The lowest BCUT2D eigenvalue weighted by Gasteiger charge is -2.08. The highest BCUT2D eigenvalue weighted by Crippen LogP contribution is 2.34. The van der Waals surface area contributed by atoms with E-state index in [0.29, 0.717) is 5.88 Å². The third-order valence-electron chi connectivity index (χ3n) is 2.70. The fraction of sp³-hybridized carbons (Fsp3) is 0.154. The zero-order chi connectivity index (χ0) is 13.4. The van der Waals surface area contributed by atoms with Crippen molar-refractivity contribution in [3.63, 3.8) is 0 Å². The molecule has 0 saturated carbocycles. The molecule has 4 nitrogen and oxygen atoms in total. The van der Waals surface area contributed by atoms with Crippen LogP contribution in [-0.2, 0) is 0 Å². The van der Waals surface area contributed by atoms with Gasteiger partial charge in [0.1, 0.15) is 12.1 Å². The minimum Gasteiger partial charge on any atom is -0.437 e. The third kappa shape index (κ3) is 2.33. The van der Waals surface area contributed by atoms with E-state index in [-0.39, 0.29) is 0 Å². The molecule has 0 amide bonds. The SMILES string of the molecule is Cc1ccc(Oc2ncnc3snc(C)c23)c(Br)c1. The molecule has 0 unspecified atom stereocenters. The molecule has 0 bridgehead atoms. The molecule has 19 heavy (non-hydrogen) atoms. The van der Waals surface area contributed by atoms with Gasteiger partial charge in [-0.25, -0.2) is 9.97 Å². The largest absolute Gasteiger partial charge is 0.437 e. The van der Waals surface area contributed by atoms with E-state index in [1.807, 2.05) is 32.0 Å². The number of benzene rings is 1. The molecule has 0 radical (unpaired) electrons. The Morgan fingerprint density at radius 2 is 2.05 bits per heavy atom. The van der Waals surface area contributed by atoms with Gasteiger partial charge in [0.2, 0.25) is 5.88 Å². The Labute approximate surface area is 122 Å². The summed E-state index contributed by atoms with van der Waals surface area (Å²) in [7, 11) is 0. The van der Waals surface area contributed by atoms with Crippen LogP contribution in [0.3, 0.4) is 0 Å². The van der Waals surface area contributed by atoms with Gasteiger partial charge in [0.15, 0.2) is 4.83 Å². The lowest BCUT2D eigenvalue weighted by Crippen LogP contribution is -1.91. The maximum Gasteiger partial charge on any atom is 0.233 e. The van der Waals surface area contributed by atoms with E-state index in [0.717, 1.165) is 26.1 Å². The zero-order valence-electron chi connectivity index (χ0n) is 10.3. The molecule has 1 aromatic carbocycles. The van der Waals surface area contributed by atoms with Gasteiger partial charge in [-0.05, 0) is 59.0 Å². The molecule has 0 aliphatic heterocycles. The fourth-order valence-corrected chi connectivity index (χ4v) is 3.07. The summed E-state index contributed by atoms with van der Waals surface area (Å²) in [6.07, 6.45) is 1.50. The molecule has 0 atom stereocenters. The lowest BCUT2D eigenvalue weighted by molar-refractivity contribution is 0.465. The van der Waals surface area contributed by atoms with E-state index < -0.39 is 0 Å². The predicted molar refractivity (Wildman–Crippen MR) is 78.9 cm³/mol. The molecule has 3 rings (SSSR count). The molecule has 2 aromatic heterocycles. The Morgan fingerprint density at radius 3 is 2.84 bits per heavy atom. The number of nitrogens with zero attached hydrogens (tertiary/aromatic N) is 3. The number of aromatic nitrogens is 3. The standard InChI is InChI=1S/C13H10BrN3OS/c1-7-3-4-10(9(14)5-7)18-12-11-8(2)17-19-13(11)16-6-15-12/h3-6H,1-2H3. The van der Waals surface area contributed by atoms with Crippen molar-refractivity contribution < 1.29 is 4.74 Å². The van der Waals surface area contributed by atoms with E-state index in [2.05, 4.69) is 30.3 Å². The maximum atomic E-state index is 5.89. The Bertz CT molecular complexity index is 757. The molecule has 0 spiro atoms. The van der Waals surface area contributed by atoms with Crippen molar-refractivity contribution >= 4 is 37.7 Å². The van der Waals surface area contributed by atoms with Crippen LogP contribution in [0.25, 0.3) is 10.2 Å². The summed E-state index contributed by atoms with van der Waals surface area (Å²) in [5.41, 5.74) is 2.05. The summed E-state index contributed by atoms with van der Waals surface area (Å²) < 4.78 is 11.1. The molecular weight excluding hydrogens is 326 g/mol. The van der Waals surface area contributed by atoms with Crippen LogP contribution in [0.4, 0.5) is 0 Å². The number of aryl methyl sites for hydroxylation is 2. The first-order chi connectivity index (χ1) is 9.15. The number of fused-ring (bicyclic) bond motifs is 1. The summed E-state index contributed by atoms with van der Waals surface area (Å²) in [6.45, 7) is 3.96. The van der Waals surface area contributed by atoms with Crippen molar-refractivity contribution in [3.8, 4) is 11.6 Å². The minimum absolute atomic E-state index is 0.542. The van der Waals surface area contributed by atoms with Crippen molar-refractivity contribution in [3.05, 3.63) is 40.3 Å². The molecule has 0 aliphatic rings. The van der Waals surface area contributed by atoms with Gasteiger partial charge in [0, 0.05) is 0 Å². The highest BCUT2D eigenvalue weighted by molar-refractivity contribution is 9.10. The second kappa shape index (κ2) is 4.86. The molecular formula is C13H10BrN3OS. The quantitative estimate of drug-likeness (QED) is 0.702. The van der Waals surface area contributed by atoms with Gasteiger partial charge in [-0.1, -0.05) is 6.07 Å². The summed E-state index contributed by atoms with van der Waals surface area (Å²) >= 11 is 4.85. The van der Waals surface area contributed by atoms with Crippen LogP contribution in [0.2, 0.25) is 0 Å². The topological polar surface area (TPSA) is 47.9 Å². The fourth-order valence-electron chi connectivity index (χ4n) is 1.76. The van der Waals surface area contributed by atoms with Crippen LogP contribution in [-0.4, -0.2) is 14.3 Å². The Morgan fingerprint density at radius 1 is 1.21 bits per heavy atom.